The molecule has 0 fully saturated rings. The van der Waals surface area contributed by atoms with E-state index in [2.05, 4.69) is 10.0 Å². The molecular weight excluding hydrogens is 364 g/mol. The van der Waals surface area contributed by atoms with Crippen molar-refractivity contribution in [1.82, 2.24) is 5.32 Å². The molecule has 2 N–H and O–H groups in total. The first-order valence-corrected chi connectivity index (χ1v) is 9.36. The molecule has 0 heterocycles. The average Bonchev–Trinajstić information content (AvgIpc) is 2.59. The van der Waals surface area contributed by atoms with Crippen molar-refractivity contribution >= 4 is 33.2 Å². The highest BCUT2D eigenvalue weighted by Crippen LogP contribution is 2.25. The number of sulfonamides is 1. The first kappa shape index (κ1) is 19.2. The number of anilines is 1. The van der Waals surface area contributed by atoms with Crippen LogP contribution in [0.4, 0.5) is 5.69 Å². The molecule has 2 aromatic carbocycles. The van der Waals surface area contributed by atoms with Crippen molar-refractivity contribution in [1.29, 1.82) is 0 Å². The Balaban J connectivity index is 2.15. The summed E-state index contributed by atoms with van der Waals surface area (Å²) in [5, 5.41) is 3.14. The summed E-state index contributed by atoms with van der Waals surface area (Å²) >= 11 is 6.01. The zero-order valence-corrected chi connectivity index (χ0v) is 15.4. The van der Waals surface area contributed by atoms with Gasteiger partial charge in [0, 0.05) is 24.2 Å². The van der Waals surface area contributed by atoms with Gasteiger partial charge in [0.25, 0.3) is 15.9 Å². The molecule has 0 aromatic heterocycles. The van der Waals surface area contributed by atoms with Gasteiger partial charge in [0.15, 0.2) is 0 Å². The zero-order chi connectivity index (χ0) is 18.4. The van der Waals surface area contributed by atoms with Gasteiger partial charge in [0.2, 0.25) is 0 Å². The van der Waals surface area contributed by atoms with Gasteiger partial charge in [-0.3, -0.25) is 9.52 Å². The molecule has 0 aliphatic rings. The topological polar surface area (TPSA) is 84.5 Å². The fourth-order valence-electron chi connectivity index (χ4n) is 2.08. The summed E-state index contributed by atoms with van der Waals surface area (Å²) in [6.45, 7) is 2.51. The van der Waals surface area contributed by atoms with Crippen LogP contribution in [0.15, 0.2) is 47.4 Å². The van der Waals surface area contributed by atoms with Crippen molar-refractivity contribution in [3.63, 3.8) is 0 Å². The van der Waals surface area contributed by atoms with Crippen molar-refractivity contribution in [2.24, 2.45) is 0 Å². The van der Waals surface area contributed by atoms with Gasteiger partial charge in [-0.2, -0.15) is 0 Å². The molecule has 8 heteroatoms. The second-order valence-corrected chi connectivity index (χ2v) is 7.38. The Morgan fingerprint density at radius 1 is 1.16 bits per heavy atom. The fraction of sp³-hybridized carbons (Fsp3) is 0.235. The molecule has 0 aliphatic heterocycles. The van der Waals surface area contributed by atoms with E-state index in [1.54, 1.807) is 32.2 Å². The molecule has 25 heavy (non-hydrogen) atoms. The van der Waals surface area contributed by atoms with E-state index in [0.29, 0.717) is 35.0 Å². The Morgan fingerprint density at radius 3 is 2.48 bits per heavy atom. The predicted octanol–water partition coefficient (Wildman–Crippen LogP) is 2.83. The number of benzene rings is 2. The largest absolute Gasteiger partial charge is 0.383 e. The Bertz CT molecular complexity index is 851. The van der Waals surface area contributed by atoms with Crippen molar-refractivity contribution in [2.45, 2.75) is 11.8 Å². The predicted molar refractivity (Wildman–Crippen MR) is 97.6 cm³/mol. The van der Waals surface area contributed by atoms with E-state index < -0.39 is 10.0 Å². The van der Waals surface area contributed by atoms with Crippen LogP contribution in [0.2, 0.25) is 5.02 Å². The van der Waals surface area contributed by atoms with E-state index in [0.717, 1.165) is 0 Å². The van der Waals surface area contributed by atoms with E-state index in [1.165, 1.54) is 24.3 Å². The maximum absolute atomic E-state index is 12.5. The van der Waals surface area contributed by atoms with Crippen LogP contribution in [0.1, 0.15) is 15.9 Å². The van der Waals surface area contributed by atoms with Crippen LogP contribution in [-0.4, -0.2) is 34.6 Å². The van der Waals surface area contributed by atoms with Crippen LogP contribution in [0.3, 0.4) is 0 Å². The number of rotatable bonds is 7. The van der Waals surface area contributed by atoms with Crippen molar-refractivity contribution in [2.75, 3.05) is 25.0 Å². The van der Waals surface area contributed by atoms with Crippen LogP contribution >= 0.6 is 11.6 Å². The van der Waals surface area contributed by atoms with Crippen molar-refractivity contribution < 1.29 is 17.9 Å². The molecule has 2 rings (SSSR count). The van der Waals surface area contributed by atoms with Gasteiger partial charge < -0.3 is 10.1 Å². The van der Waals surface area contributed by atoms with Gasteiger partial charge in [0.05, 0.1) is 17.2 Å². The van der Waals surface area contributed by atoms with Gasteiger partial charge in [0.1, 0.15) is 0 Å². The molecule has 2 aromatic rings. The van der Waals surface area contributed by atoms with Crippen molar-refractivity contribution in [3.05, 3.63) is 58.6 Å². The van der Waals surface area contributed by atoms with Gasteiger partial charge in [-0.05, 0) is 48.9 Å². The number of ether oxygens (including phenoxy) is 1. The van der Waals surface area contributed by atoms with E-state index in [9.17, 15) is 13.2 Å². The SMILES string of the molecule is COCCNC(=O)c1ccc(S(=O)(=O)Nc2cccc(Cl)c2C)cc1. The first-order chi connectivity index (χ1) is 11.8. The number of hydrogen-bond donors (Lipinski definition) is 2. The van der Waals surface area contributed by atoms with Crippen LogP contribution in [0.25, 0.3) is 0 Å². The molecule has 0 saturated carbocycles. The third kappa shape index (κ3) is 4.94. The van der Waals surface area contributed by atoms with E-state index >= 15 is 0 Å². The van der Waals surface area contributed by atoms with Crippen LogP contribution in [0, 0.1) is 6.92 Å². The third-order valence-corrected chi connectivity index (χ3v) is 5.32. The van der Waals surface area contributed by atoms with E-state index in [1.807, 2.05) is 0 Å². The number of halogens is 1. The fourth-order valence-corrected chi connectivity index (χ4v) is 3.37. The highest BCUT2D eigenvalue weighted by atomic mass is 35.5. The molecule has 0 aliphatic carbocycles. The van der Waals surface area contributed by atoms with Crippen LogP contribution in [-0.2, 0) is 14.8 Å². The highest BCUT2D eigenvalue weighted by Gasteiger charge is 2.16. The van der Waals surface area contributed by atoms with Gasteiger partial charge in [-0.15, -0.1) is 0 Å². The summed E-state index contributed by atoms with van der Waals surface area (Å²) in [5.74, 6) is -0.292. The number of carbonyl (C=O) groups is 1. The summed E-state index contributed by atoms with van der Waals surface area (Å²) in [6.07, 6.45) is 0. The quantitative estimate of drug-likeness (QED) is 0.721. The number of amides is 1. The number of nitrogens with one attached hydrogen (secondary N) is 2. The minimum Gasteiger partial charge on any atom is -0.383 e. The van der Waals surface area contributed by atoms with Crippen LogP contribution < -0.4 is 10.0 Å². The standard InChI is InChI=1S/C17H19ClN2O4S/c1-12-15(18)4-3-5-16(12)20-25(22,23)14-8-6-13(7-9-14)17(21)19-10-11-24-2/h3-9,20H,10-11H2,1-2H3,(H,19,21). The minimum absolute atomic E-state index is 0.0558. The Hall–Kier alpha value is -2.09. The lowest BCUT2D eigenvalue weighted by Gasteiger charge is -2.12. The van der Waals surface area contributed by atoms with Crippen molar-refractivity contribution in [3.8, 4) is 0 Å². The molecule has 0 atom stereocenters. The molecule has 0 spiro atoms. The second-order valence-electron chi connectivity index (χ2n) is 5.29. The molecular formula is C17H19ClN2O4S. The van der Waals surface area contributed by atoms with E-state index in [4.69, 9.17) is 16.3 Å². The molecule has 0 bridgehead atoms. The lowest BCUT2D eigenvalue weighted by molar-refractivity contribution is 0.0937. The Morgan fingerprint density at radius 2 is 1.84 bits per heavy atom. The summed E-state index contributed by atoms with van der Waals surface area (Å²) in [5.41, 5.74) is 1.42. The number of methoxy groups -OCH3 is 1. The molecule has 6 nitrogen and oxygen atoms in total. The second kappa shape index (κ2) is 8.33. The first-order valence-electron chi connectivity index (χ1n) is 7.50. The Kier molecular flexibility index (Phi) is 6.41. The normalized spacial score (nSPS) is 11.2. The summed E-state index contributed by atoms with van der Waals surface area (Å²) in [6, 6.07) is 10.7. The summed E-state index contributed by atoms with van der Waals surface area (Å²) in [7, 11) is -2.23. The molecule has 0 unspecified atom stereocenters. The van der Waals surface area contributed by atoms with Gasteiger partial charge >= 0.3 is 0 Å². The number of hydrogen-bond acceptors (Lipinski definition) is 4. The van der Waals surface area contributed by atoms with Crippen LogP contribution in [0.5, 0.6) is 0 Å². The summed E-state index contributed by atoms with van der Waals surface area (Å²) < 4.78 is 32.3. The smallest absolute Gasteiger partial charge is 0.261 e. The molecule has 1 amide bonds. The minimum atomic E-state index is -3.78. The van der Waals surface area contributed by atoms with Gasteiger partial charge in [-0.1, -0.05) is 17.7 Å². The monoisotopic (exact) mass is 382 g/mol. The van der Waals surface area contributed by atoms with E-state index in [-0.39, 0.29) is 10.8 Å². The van der Waals surface area contributed by atoms with Gasteiger partial charge in [-0.25, -0.2) is 8.42 Å². The molecule has 0 saturated heterocycles. The molecule has 0 radical (unpaired) electrons. The Labute approximate surface area is 152 Å². The highest BCUT2D eigenvalue weighted by molar-refractivity contribution is 7.92. The lowest BCUT2D eigenvalue weighted by atomic mass is 10.2. The molecule has 134 valence electrons. The number of carbonyl (C=O) groups excluding carboxylic acids is 1. The summed E-state index contributed by atoms with van der Waals surface area (Å²) in [4.78, 5) is 12.0. The average molecular weight is 383 g/mol. The third-order valence-electron chi connectivity index (χ3n) is 3.53. The maximum atomic E-state index is 12.5. The maximum Gasteiger partial charge on any atom is 0.261 e. The zero-order valence-electron chi connectivity index (χ0n) is 13.9. The lowest BCUT2D eigenvalue weighted by Crippen LogP contribution is -2.26.